The summed E-state index contributed by atoms with van der Waals surface area (Å²) in [5.41, 5.74) is 2.78. The molecule has 18 heavy (non-hydrogen) atoms. The van der Waals surface area contributed by atoms with E-state index in [0.717, 1.165) is 12.3 Å². The van der Waals surface area contributed by atoms with E-state index in [1.807, 2.05) is 0 Å². The normalized spacial score (nSPS) is 21.5. The first-order chi connectivity index (χ1) is 8.67. The molecule has 0 saturated heterocycles. The Balaban J connectivity index is 2.10. The van der Waals surface area contributed by atoms with Gasteiger partial charge in [-0.3, -0.25) is 5.41 Å². The van der Waals surface area contributed by atoms with E-state index in [1.54, 1.807) is 7.05 Å². The molecule has 2 rings (SSSR count). The summed E-state index contributed by atoms with van der Waals surface area (Å²) in [6, 6.07) is 0. The second-order valence-corrected chi connectivity index (χ2v) is 4.70. The zero-order valence-electron chi connectivity index (χ0n) is 10.4. The van der Waals surface area contributed by atoms with Gasteiger partial charge in [0.25, 0.3) is 0 Å². The highest BCUT2D eigenvalue weighted by atomic mass is 35.5. The number of hydrazine groups is 1. The SMILES string of the molecule is CNN(C=N)c1ncnc(OCC2CC2C)c1Cl. The topological polar surface area (TPSA) is 74.1 Å². The molecule has 0 amide bonds. The monoisotopic (exact) mass is 269 g/mol. The second-order valence-electron chi connectivity index (χ2n) is 4.32. The molecule has 1 aromatic heterocycles. The van der Waals surface area contributed by atoms with Gasteiger partial charge in [-0.15, -0.1) is 0 Å². The summed E-state index contributed by atoms with van der Waals surface area (Å²) in [4.78, 5) is 8.05. The maximum absolute atomic E-state index is 7.25. The van der Waals surface area contributed by atoms with Gasteiger partial charge in [0, 0.05) is 7.05 Å². The summed E-state index contributed by atoms with van der Waals surface area (Å²) in [5, 5.41) is 8.94. The Morgan fingerprint density at radius 2 is 2.39 bits per heavy atom. The minimum Gasteiger partial charge on any atom is -0.476 e. The van der Waals surface area contributed by atoms with Gasteiger partial charge in [-0.2, -0.15) is 0 Å². The Morgan fingerprint density at radius 1 is 1.67 bits per heavy atom. The van der Waals surface area contributed by atoms with Gasteiger partial charge in [0.05, 0.1) is 6.61 Å². The van der Waals surface area contributed by atoms with Gasteiger partial charge in [-0.1, -0.05) is 18.5 Å². The highest BCUT2D eigenvalue weighted by Gasteiger charge is 2.33. The molecule has 0 radical (unpaired) electrons. The van der Waals surface area contributed by atoms with Gasteiger partial charge in [0.1, 0.15) is 17.7 Å². The standard InChI is InChI=1S/C11H16ClN5O/c1-7-3-8(7)4-18-11-9(12)10(15-6-16-11)17(5-13)14-2/h5-8,13-14H,3-4H2,1-2H3. The van der Waals surface area contributed by atoms with E-state index in [9.17, 15) is 0 Å². The predicted molar refractivity (Wildman–Crippen MR) is 70.1 cm³/mol. The van der Waals surface area contributed by atoms with Gasteiger partial charge in [-0.25, -0.2) is 20.4 Å². The Hall–Kier alpha value is -1.40. The highest BCUT2D eigenvalue weighted by molar-refractivity contribution is 6.34. The second kappa shape index (κ2) is 5.49. The summed E-state index contributed by atoms with van der Waals surface area (Å²) in [5.74, 6) is 2.09. The van der Waals surface area contributed by atoms with E-state index in [1.165, 1.54) is 17.8 Å². The van der Waals surface area contributed by atoms with Crippen molar-refractivity contribution >= 4 is 23.8 Å². The van der Waals surface area contributed by atoms with Crippen molar-refractivity contribution in [3.8, 4) is 5.88 Å². The lowest BCUT2D eigenvalue weighted by molar-refractivity contribution is 0.282. The summed E-state index contributed by atoms with van der Waals surface area (Å²) < 4.78 is 5.60. The fourth-order valence-corrected chi connectivity index (χ4v) is 1.91. The molecule has 2 atom stereocenters. The first-order valence-corrected chi connectivity index (χ1v) is 6.15. The zero-order chi connectivity index (χ0) is 13.1. The Bertz CT molecular complexity index is 441. The van der Waals surface area contributed by atoms with E-state index < -0.39 is 0 Å². The summed E-state index contributed by atoms with van der Waals surface area (Å²) in [7, 11) is 1.68. The lowest BCUT2D eigenvalue weighted by atomic mass is 10.4. The average molecular weight is 270 g/mol. The van der Waals surface area contributed by atoms with E-state index in [4.69, 9.17) is 21.7 Å². The van der Waals surface area contributed by atoms with Crippen LogP contribution in [-0.2, 0) is 0 Å². The molecule has 98 valence electrons. The fraction of sp³-hybridized carbons (Fsp3) is 0.545. The van der Waals surface area contributed by atoms with Crippen molar-refractivity contribution in [2.45, 2.75) is 13.3 Å². The number of rotatable bonds is 6. The van der Waals surface area contributed by atoms with Gasteiger partial charge < -0.3 is 4.74 Å². The molecule has 0 bridgehead atoms. The van der Waals surface area contributed by atoms with Crippen LogP contribution in [0.3, 0.4) is 0 Å². The molecule has 0 aromatic carbocycles. The Morgan fingerprint density at radius 3 is 2.94 bits per heavy atom. The smallest absolute Gasteiger partial charge is 0.238 e. The maximum atomic E-state index is 7.25. The van der Waals surface area contributed by atoms with Crippen molar-refractivity contribution in [2.75, 3.05) is 18.7 Å². The van der Waals surface area contributed by atoms with Crippen LogP contribution in [0.5, 0.6) is 5.88 Å². The number of hydrogen-bond acceptors (Lipinski definition) is 5. The van der Waals surface area contributed by atoms with E-state index in [2.05, 4.69) is 22.3 Å². The van der Waals surface area contributed by atoms with Crippen LogP contribution in [0.1, 0.15) is 13.3 Å². The Labute approximate surface area is 111 Å². The molecule has 1 saturated carbocycles. The van der Waals surface area contributed by atoms with Gasteiger partial charge in [-0.05, 0) is 18.3 Å². The number of nitrogens with one attached hydrogen (secondary N) is 2. The molecule has 1 fully saturated rings. The third-order valence-corrected chi connectivity index (χ3v) is 3.38. The first kappa shape index (κ1) is 13.0. The predicted octanol–water partition coefficient (Wildman–Crippen LogP) is 1.71. The van der Waals surface area contributed by atoms with Crippen LogP contribution in [0.15, 0.2) is 6.33 Å². The van der Waals surface area contributed by atoms with E-state index in [0.29, 0.717) is 29.2 Å². The van der Waals surface area contributed by atoms with Crippen LogP contribution >= 0.6 is 11.6 Å². The molecule has 0 aliphatic heterocycles. The molecular formula is C11H16ClN5O. The van der Waals surface area contributed by atoms with Crippen LogP contribution in [0.2, 0.25) is 5.02 Å². The summed E-state index contributed by atoms with van der Waals surface area (Å²) >= 11 is 6.17. The van der Waals surface area contributed by atoms with Crippen LogP contribution in [-0.4, -0.2) is 30.0 Å². The largest absolute Gasteiger partial charge is 0.476 e. The molecule has 6 nitrogen and oxygen atoms in total. The number of hydrogen-bond donors (Lipinski definition) is 2. The number of anilines is 1. The summed E-state index contributed by atoms with van der Waals surface area (Å²) in [6.07, 6.45) is 3.65. The van der Waals surface area contributed by atoms with E-state index in [-0.39, 0.29) is 0 Å². The highest BCUT2D eigenvalue weighted by Crippen LogP contribution is 2.38. The maximum Gasteiger partial charge on any atom is 0.238 e. The molecule has 2 unspecified atom stereocenters. The average Bonchev–Trinajstić information content (AvgIpc) is 3.07. The van der Waals surface area contributed by atoms with Gasteiger partial charge in [0.2, 0.25) is 5.88 Å². The molecular weight excluding hydrogens is 254 g/mol. The quantitative estimate of drug-likeness (QED) is 0.467. The van der Waals surface area contributed by atoms with Gasteiger partial charge >= 0.3 is 0 Å². The lowest BCUT2D eigenvalue weighted by Gasteiger charge is -2.18. The first-order valence-electron chi connectivity index (χ1n) is 5.77. The minimum absolute atomic E-state index is 0.309. The lowest BCUT2D eigenvalue weighted by Crippen LogP contribution is -2.34. The van der Waals surface area contributed by atoms with E-state index >= 15 is 0 Å². The molecule has 7 heteroatoms. The molecule has 2 N–H and O–H groups in total. The number of halogens is 1. The molecule has 1 aliphatic carbocycles. The van der Waals surface area contributed by atoms with Crippen molar-refractivity contribution in [1.82, 2.24) is 15.4 Å². The molecule has 0 spiro atoms. The number of ether oxygens (including phenoxy) is 1. The molecule has 1 aromatic rings. The number of nitrogens with zero attached hydrogens (tertiary/aromatic N) is 3. The minimum atomic E-state index is 0.309. The third kappa shape index (κ3) is 2.70. The third-order valence-electron chi connectivity index (χ3n) is 3.05. The molecule has 1 heterocycles. The van der Waals surface area contributed by atoms with Crippen molar-refractivity contribution in [1.29, 1.82) is 5.41 Å². The van der Waals surface area contributed by atoms with Gasteiger partial charge in [0.15, 0.2) is 5.82 Å². The zero-order valence-corrected chi connectivity index (χ0v) is 11.1. The Kier molecular flexibility index (Phi) is 3.98. The van der Waals surface area contributed by atoms with Crippen molar-refractivity contribution < 1.29 is 4.74 Å². The van der Waals surface area contributed by atoms with Crippen LogP contribution in [0, 0.1) is 17.2 Å². The van der Waals surface area contributed by atoms with Crippen molar-refractivity contribution in [2.24, 2.45) is 11.8 Å². The fourth-order valence-electron chi connectivity index (χ4n) is 1.66. The van der Waals surface area contributed by atoms with Crippen molar-refractivity contribution in [3.05, 3.63) is 11.3 Å². The van der Waals surface area contributed by atoms with Crippen LogP contribution < -0.4 is 15.2 Å². The van der Waals surface area contributed by atoms with Crippen LogP contribution in [0.4, 0.5) is 5.82 Å². The molecule has 1 aliphatic rings. The van der Waals surface area contributed by atoms with Crippen LogP contribution in [0.25, 0.3) is 0 Å². The number of aromatic nitrogens is 2. The van der Waals surface area contributed by atoms with Crippen molar-refractivity contribution in [3.63, 3.8) is 0 Å². The summed E-state index contributed by atoms with van der Waals surface area (Å²) in [6.45, 7) is 2.82.